The highest BCUT2D eigenvalue weighted by atomic mass is 19.4. The van der Waals surface area contributed by atoms with Gasteiger partial charge in [-0.3, -0.25) is 0 Å². The zero-order valence-electron chi connectivity index (χ0n) is 6.78. The van der Waals surface area contributed by atoms with Gasteiger partial charge in [0.05, 0.1) is 5.57 Å². The first-order valence-electron chi connectivity index (χ1n) is 3.39. The van der Waals surface area contributed by atoms with E-state index in [9.17, 15) is 43.9 Å². The van der Waals surface area contributed by atoms with Crippen molar-refractivity contribution in [1.82, 2.24) is 0 Å². The van der Waals surface area contributed by atoms with Crippen molar-refractivity contribution in [3.8, 4) is 0 Å². The van der Waals surface area contributed by atoms with Crippen LogP contribution in [0, 0.1) is 0 Å². The quantitative estimate of drug-likeness (QED) is 0.499. The third kappa shape index (κ3) is 1.63. The van der Waals surface area contributed by atoms with Crippen molar-refractivity contribution in [3.63, 3.8) is 0 Å². The first-order valence-corrected chi connectivity index (χ1v) is 3.39. The second kappa shape index (κ2) is 2.83. The fourth-order valence-electron chi connectivity index (χ4n) is 1.05. The Labute approximate surface area is 80.5 Å². The third-order valence-electron chi connectivity index (χ3n) is 1.77. The molecule has 10 heteroatoms. The molecule has 0 aliphatic heterocycles. The maximum Gasteiger partial charge on any atom is 0.457 e. The number of halogens is 10. The summed E-state index contributed by atoms with van der Waals surface area (Å²) in [6.45, 7) is 0. The van der Waals surface area contributed by atoms with E-state index in [4.69, 9.17) is 0 Å². The Morgan fingerprint density at radius 2 is 1.06 bits per heavy atom. The van der Waals surface area contributed by atoms with E-state index in [2.05, 4.69) is 0 Å². The normalized spacial score (nSPS) is 21.4. The Morgan fingerprint density at radius 3 is 1.25 bits per heavy atom. The summed E-state index contributed by atoms with van der Waals surface area (Å²) in [5.41, 5.74) is -6.35. The van der Waals surface area contributed by atoms with Crippen LogP contribution < -0.4 is 0 Å². The third-order valence-corrected chi connectivity index (χ3v) is 1.77. The number of rotatable bonds is 1. The minimum atomic E-state index is -6.49. The second-order valence-corrected chi connectivity index (χ2v) is 2.89. The Kier molecular flexibility index (Phi) is 2.32. The number of hydrogen-bond acceptors (Lipinski definition) is 0. The lowest BCUT2D eigenvalue weighted by molar-refractivity contribution is -0.266. The largest absolute Gasteiger partial charge is 0.457 e. The summed E-state index contributed by atoms with van der Waals surface area (Å²) in [5.74, 6) is -11.4. The van der Waals surface area contributed by atoms with Crippen molar-refractivity contribution in [2.24, 2.45) is 0 Å². The summed E-state index contributed by atoms with van der Waals surface area (Å²) in [6.07, 6.45) is -12.4. The molecule has 0 bridgehead atoms. The van der Waals surface area contributed by atoms with E-state index >= 15 is 0 Å². The number of alkyl halides is 10. The zero-order chi connectivity index (χ0) is 13.2. The van der Waals surface area contributed by atoms with Crippen molar-refractivity contribution in [2.75, 3.05) is 0 Å². The summed E-state index contributed by atoms with van der Waals surface area (Å²) >= 11 is 0. The molecule has 0 aromatic heterocycles. The molecule has 0 N–H and O–H groups in total. The van der Waals surface area contributed by atoms with Gasteiger partial charge in [-0.2, -0.15) is 43.9 Å². The molecule has 1 rings (SSSR count). The predicted molar refractivity (Wildman–Crippen MR) is 29.0 cm³/mol. The topological polar surface area (TPSA) is 0 Å². The predicted octanol–water partition coefficient (Wildman–Crippen LogP) is 3.69. The number of allylic oxidation sites excluding steroid dienone is 2. The van der Waals surface area contributed by atoms with Gasteiger partial charge in [0.2, 0.25) is 0 Å². The van der Waals surface area contributed by atoms with E-state index in [1.165, 1.54) is 0 Å². The monoisotopic (exact) mass is 262 g/mol. The highest BCUT2D eigenvalue weighted by molar-refractivity contribution is 5.56. The minimum absolute atomic E-state index is 3.12. The molecule has 0 saturated heterocycles. The van der Waals surface area contributed by atoms with E-state index in [-0.39, 0.29) is 0 Å². The molecule has 0 aromatic carbocycles. The van der Waals surface area contributed by atoms with Crippen molar-refractivity contribution in [2.45, 2.75) is 24.2 Å². The molecule has 1 aliphatic rings. The first-order chi connectivity index (χ1) is 6.74. The van der Waals surface area contributed by atoms with Gasteiger partial charge in [0.15, 0.2) is 0 Å². The van der Waals surface area contributed by atoms with Crippen LogP contribution in [0.3, 0.4) is 0 Å². The molecule has 1 aliphatic carbocycles. The van der Waals surface area contributed by atoms with Gasteiger partial charge in [-0.05, 0) is 0 Å². The molecular weight excluding hydrogens is 262 g/mol. The minimum Gasteiger partial charge on any atom is -0.196 e. The second-order valence-electron chi connectivity index (χ2n) is 2.89. The highest BCUT2D eigenvalue weighted by Gasteiger charge is 2.80. The molecule has 0 nitrogen and oxygen atoms in total. The van der Waals surface area contributed by atoms with Gasteiger partial charge in [0.1, 0.15) is 5.57 Å². The maximum atomic E-state index is 12.2. The van der Waals surface area contributed by atoms with Crippen LogP contribution in [0.5, 0.6) is 0 Å². The molecule has 0 spiro atoms. The molecule has 0 atom stereocenters. The SMILES string of the molecule is FC(F)(F)C1=C(C(F)(F)C(F)(F)F)C1(F)F. The fraction of sp³-hybridized carbons (Fsp3) is 0.667. The van der Waals surface area contributed by atoms with Crippen LogP contribution in [0.2, 0.25) is 0 Å². The fourth-order valence-corrected chi connectivity index (χ4v) is 1.05. The zero-order valence-corrected chi connectivity index (χ0v) is 6.78. The molecule has 0 radical (unpaired) electrons. The van der Waals surface area contributed by atoms with E-state index in [1.54, 1.807) is 0 Å². The highest BCUT2D eigenvalue weighted by Crippen LogP contribution is 2.64. The van der Waals surface area contributed by atoms with Gasteiger partial charge in [0, 0.05) is 0 Å². The van der Waals surface area contributed by atoms with E-state index in [0.717, 1.165) is 0 Å². The Balaban J connectivity index is 3.22. The standard InChI is InChI=1S/C6F10/c7-3(8)1(2(3)5(11,12)13)4(9,10)6(14,15)16. The van der Waals surface area contributed by atoms with Crippen LogP contribution in [-0.4, -0.2) is 24.2 Å². The van der Waals surface area contributed by atoms with Gasteiger partial charge in [-0.1, -0.05) is 0 Å². The van der Waals surface area contributed by atoms with Crippen LogP contribution in [0.4, 0.5) is 43.9 Å². The summed E-state index contributed by atoms with van der Waals surface area (Å²) in [6, 6.07) is 0. The molecular formula is C6F10. The van der Waals surface area contributed by atoms with Crippen molar-refractivity contribution in [1.29, 1.82) is 0 Å². The van der Waals surface area contributed by atoms with Gasteiger partial charge >= 0.3 is 24.2 Å². The van der Waals surface area contributed by atoms with Crippen LogP contribution in [0.25, 0.3) is 0 Å². The van der Waals surface area contributed by atoms with Crippen molar-refractivity contribution < 1.29 is 43.9 Å². The Hall–Kier alpha value is -0.960. The number of hydrogen-bond donors (Lipinski definition) is 0. The lowest BCUT2D eigenvalue weighted by Gasteiger charge is -2.17. The first kappa shape index (κ1) is 13.1. The molecule has 0 amide bonds. The van der Waals surface area contributed by atoms with Gasteiger partial charge in [0.25, 0.3) is 0 Å². The van der Waals surface area contributed by atoms with Crippen LogP contribution in [0.15, 0.2) is 11.1 Å². The van der Waals surface area contributed by atoms with E-state index in [0.29, 0.717) is 0 Å². The van der Waals surface area contributed by atoms with Crippen molar-refractivity contribution >= 4 is 0 Å². The molecule has 0 unspecified atom stereocenters. The summed E-state index contributed by atoms with van der Waals surface area (Å²) in [7, 11) is 0. The Bertz CT molecular complexity index is 339. The van der Waals surface area contributed by atoms with Crippen LogP contribution in [-0.2, 0) is 0 Å². The van der Waals surface area contributed by atoms with Gasteiger partial charge in [-0.15, -0.1) is 0 Å². The lowest BCUT2D eigenvalue weighted by Crippen LogP contribution is -2.37. The molecule has 0 aromatic rings. The summed E-state index contributed by atoms with van der Waals surface area (Å²) in [4.78, 5) is 0. The van der Waals surface area contributed by atoms with Gasteiger partial charge < -0.3 is 0 Å². The molecule has 0 fully saturated rings. The van der Waals surface area contributed by atoms with E-state index < -0.39 is 35.3 Å². The van der Waals surface area contributed by atoms with Crippen molar-refractivity contribution in [3.05, 3.63) is 11.1 Å². The Morgan fingerprint density at radius 1 is 0.688 bits per heavy atom. The summed E-state index contributed by atoms with van der Waals surface area (Å²) < 4.78 is 119. The molecule has 0 saturated carbocycles. The smallest absolute Gasteiger partial charge is 0.196 e. The maximum absolute atomic E-state index is 12.2. The molecule has 0 heterocycles. The van der Waals surface area contributed by atoms with Crippen LogP contribution >= 0.6 is 0 Å². The molecule has 16 heavy (non-hydrogen) atoms. The van der Waals surface area contributed by atoms with E-state index in [1.807, 2.05) is 0 Å². The van der Waals surface area contributed by atoms with Crippen LogP contribution in [0.1, 0.15) is 0 Å². The molecule has 94 valence electrons. The average molecular weight is 262 g/mol. The van der Waals surface area contributed by atoms with Gasteiger partial charge in [-0.25, -0.2) is 0 Å². The average Bonchev–Trinajstić information content (AvgIpc) is 2.50. The lowest BCUT2D eigenvalue weighted by atomic mass is 10.2. The summed E-state index contributed by atoms with van der Waals surface area (Å²) in [5, 5.41) is 0.